The minimum absolute atomic E-state index is 0.00563. The van der Waals surface area contributed by atoms with Crippen molar-refractivity contribution in [2.75, 3.05) is 11.1 Å². The summed E-state index contributed by atoms with van der Waals surface area (Å²) >= 11 is 0.938. The summed E-state index contributed by atoms with van der Waals surface area (Å²) in [6.45, 7) is 1.95. The Hall–Kier alpha value is -2.98. The summed E-state index contributed by atoms with van der Waals surface area (Å²) in [5.41, 5.74) is 0.594. The van der Waals surface area contributed by atoms with Crippen molar-refractivity contribution in [1.29, 1.82) is 0 Å². The molecule has 0 unspecified atom stereocenters. The summed E-state index contributed by atoms with van der Waals surface area (Å²) in [7, 11) is -4.01. The van der Waals surface area contributed by atoms with Crippen LogP contribution in [0.25, 0.3) is 0 Å². The van der Waals surface area contributed by atoms with Gasteiger partial charge in [-0.25, -0.2) is 17.8 Å². The average Bonchev–Trinajstić information content (AvgIpc) is 2.74. The van der Waals surface area contributed by atoms with Gasteiger partial charge in [-0.05, 0) is 48.4 Å². The van der Waals surface area contributed by atoms with Gasteiger partial charge in [-0.3, -0.25) is 9.59 Å². The van der Waals surface area contributed by atoms with E-state index >= 15 is 0 Å². The number of nitrogens with zero attached hydrogens (tertiary/aromatic N) is 1. The molecule has 0 aliphatic rings. The largest absolute Gasteiger partial charge is 0.325 e. The molecule has 0 radical (unpaired) electrons. The molecule has 0 aliphatic carbocycles. The van der Waals surface area contributed by atoms with Gasteiger partial charge in [0.2, 0.25) is 15.7 Å². The SMILES string of the molecule is CCc1ccc(S(=O)(=O)c2cnc(SCC(=O)Nc3ccc(F)cc3)[nH]c2=O)cc1. The third-order valence-electron chi connectivity index (χ3n) is 4.14. The molecule has 1 aromatic heterocycles. The van der Waals surface area contributed by atoms with Crippen molar-refractivity contribution in [3.8, 4) is 0 Å². The van der Waals surface area contributed by atoms with Gasteiger partial charge < -0.3 is 10.3 Å². The Morgan fingerprint density at radius 1 is 1.13 bits per heavy atom. The number of hydrogen-bond acceptors (Lipinski definition) is 6. The number of thioether (sulfide) groups is 1. The molecule has 0 atom stereocenters. The van der Waals surface area contributed by atoms with Crippen LogP contribution in [-0.4, -0.2) is 30.0 Å². The van der Waals surface area contributed by atoms with E-state index in [-0.39, 0.29) is 21.7 Å². The first-order valence-corrected chi connectivity index (χ1v) is 11.4. The Balaban J connectivity index is 1.69. The topological polar surface area (TPSA) is 109 Å². The number of benzene rings is 2. The van der Waals surface area contributed by atoms with Crippen LogP contribution in [-0.2, 0) is 21.1 Å². The fourth-order valence-corrected chi connectivity index (χ4v) is 4.39. The first kappa shape index (κ1) is 21.7. The van der Waals surface area contributed by atoms with E-state index in [9.17, 15) is 22.4 Å². The molecule has 2 N–H and O–H groups in total. The molecule has 2 aromatic carbocycles. The van der Waals surface area contributed by atoms with E-state index < -0.39 is 26.1 Å². The third kappa shape index (κ3) is 5.14. The second-order valence-corrected chi connectivity index (χ2v) is 9.11. The smallest absolute Gasteiger partial charge is 0.270 e. The van der Waals surface area contributed by atoms with Gasteiger partial charge in [0.05, 0.1) is 16.8 Å². The maximum atomic E-state index is 12.9. The van der Waals surface area contributed by atoms with Gasteiger partial charge in [0.1, 0.15) is 5.82 Å². The number of halogens is 1. The van der Waals surface area contributed by atoms with Gasteiger partial charge in [-0.1, -0.05) is 30.8 Å². The number of sulfone groups is 1. The molecule has 1 heterocycles. The lowest BCUT2D eigenvalue weighted by atomic mass is 10.2. The lowest BCUT2D eigenvalue weighted by Gasteiger charge is -2.07. The molecule has 7 nitrogen and oxygen atoms in total. The average molecular weight is 448 g/mol. The zero-order valence-corrected chi connectivity index (χ0v) is 17.5. The minimum atomic E-state index is -4.01. The number of aromatic nitrogens is 2. The van der Waals surface area contributed by atoms with Crippen molar-refractivity contribution in [3.05, 3.63) is 76.5 Å². The van der Waals surface area contributed by atoms with Gasteiger partial charge in [0.15, 0.2) is 10.1 Å². The Morgan fingerprint density at radius 3 is 2.40 bits per heavy atom. The van der Waals surface area contributed by atoms with Crippen molar-refractivity contribution < 1.29 is 17.6 Å². The number of rotatable bonds is 7. The van der Waals surface area contributed by atoms with E-state index in [1.807, 2.05) is 6.92 Å². The number of hydrogen-bond donors (Lipinski definition) is 2. The first-order chi connectivity index (χ1) is 14.3. The molecule has 10 heteroatoms. The van der Waals surface area contributed by atoms with Crippen LogP contribution >= 0.6 is 11.8 Å². The van der Waals surface area contributed by atoms with Crippen LogP contribution in [0.5, 0.6) is 0 Å². The molecule has 156 valence electrons. The second-order valence-electron chi connectivity index (χ2n) is 6.23. The molecule has 3 rings (SSSR count). The van der Waals surface area contributed by atoms with Crippen molar-refractivity contribution in [1.82, 2.24) is 9.97 Å². The highest BCUT2D eigenvalue weighted by Gasteiger charge is 2.22. The van der Waals surface area contributed by atoms with E-state index in [1.54, 1.807) is 12.1 Å². The molecule has 30 heavy (non-hydrogen) atoms. The number of carbonyl (C=O) groups excluding carboxylic acids is 1. The van der Waals surface area contributed by atoms with Crippen molar-refractivity contribution >= 4 is 33.2 Å². The molecule has 1 amide bonds. The van der Waals surface area contributed by atoms with Crippen LogP contribution in [0.4, 0.5) is 10.1 Å². The summed E-state index contributed by atoms with van der Waals surface area (Å²) in [4.78, 5) is 30.2. The highest BCUT2D eigenvalue weighted by Crippen LogP contribution is 2.19. The maximum absolute atomic E-state index is 12.9. The lowest BCUT2D eigenvalue weighted by Crippen LogP contribution is -2.20. The van der Waals surface area contributed by atoms with Gasteiger partial charge in [0, 0.05) is 5.69 Å². The van der Waals surface area contributed by atoms with Crippen molar-refractivity contribution in [3.63, 3.8) is 0 Å². The number of amides is 1. The van der Waals surface area contributed by atoms with E-state index in [1.165, 1.54) is 36.4 Å². The number of carbonyl (C=O) groups is 1. The van der Waals surface area contributed by atoms with Crippen molar-refractivity contribution in [2.24, 2.45) is 0 Å². The Kier molecular flexibility index (Phi) is 6.68. The van der Waals surface area contributed by atoms with Crippen LogP contribution in [0.1, 0.15) is 12.5 Å². The fraction of sp³-hybridized carbons (Fsp3) is 0.150. The van der Waals surface area contributed by atoms with Crippen LogP contribution < -0.4 is 10.9 Å². The molecule has 3 aromatic rings. The Morgan fingerprint density at radius 2 is 1.80 bits per heavy atom. The molecule has 0 saturated heterocycles. The maximum Gasteiger partial charge on any atom is 0.270 e. The molecule has 0 aliphatic heterocycles. The van der Waals surface area contributed by atoms with Gasteiger partial charge in [0.25, 0.3) is 5.56 Å². The molecule has 0 fully saturated rings. The molecule has 0 spiro atoms. The highest BCUT2D eigenvalue weighted by atomic mass is 32.2. The highest BCUT2D eigenvalue weighted by molar-refractivity contribution is 7.99. The van der Waals surface area contributed by atoms with Gasteiger partial charge in [-0.2, -0.15) is 0 Å². The summed E-state index contributed by atoms with van der Waals surface area (Å²) in [6.07, 6.45) is 1.76. The number of nitrogens with one attached hydrogen (secondary N) is 2. The quantitative estimate of drug-likeness (QED) is 0.426. The van der Waals surface area contributed by atoms with Crippen molar-refractivity contribution in [2.45, 2.75) is 28.3 Å². The lowest BCUT2D eigenvalue weighted by molar-refractivity contribution is -0.113. The third-order valence-corrected chi connectivity index (χ3v) is 6.79. The summed E-state index contributed by atoms with van der Waals surface area (Å²) < 4.78 is 38.3. The van der Waals surface area contributed by atoms with E-state index in [2.05, 4.69) is 15.3 Å². The normalized spacial score (nSPS) is 11.3. The van der Waals surface area contributed by atoms with E-state index in [0.29, 0.717) is 5.69 Å². The predicted molar refractivity (Wildman–Crippen MR) is 112 cm³/mol. The zero-order valence-electron chi connectivity index (χ0n) is 15.9. The Bertz CT molecular complexity index is 1210. The minimum Gasteiger partial charge on any atom is -0.325 e. The summed E-state index contributed by atoms with van der Waals surface area (Å²) in [6, 6.07) is 11.6. The fourth-order valence-electron chi connectivity index (χ4n) is 2.53. The van der Waals surface area contributed by atoms with E-state index in [4.69, 9.17) is 0 Å². The Labute approximate surface area is 176 Å². The van der Waals surface area contributed by atoms with E-state index in [0.717, 1.165) is 29.9 Å². The zero-order chi connectivity index (χ0) is 21.7. The monoisotopic (exact) mass is 447 g/mol. The van der Waals surface area contributed by atoms with Crippen LogP contribution in [0, 0.1) is 5.82 Å². The van der Waals surface area contributed by atoms with Crippen LogP contribution in [0.3, 0.4) is 0 Å². The number of aromatic amines is 1. The first-order valence-electron chi connectivity index (χ1n) is 8.91. The molecule has 0 saturated carbocycles. The standard InChI is InChI=1S/C20H18FN3O4S2/c1-2-13-3-9-16(10-4-13)30(27,28)17-11-22-20(24-19(17)26)29-12-18(25)23-15-7-5-14(21)6-8-15/h3-11H,2,12H2,1H3,(H,23,25)(H,22,24,26). The number of aryl methyl sites for hydroxylation is 1. The number of anilines is 1. The molecular weight excluding hydrogens is 429 g/mol. The summed E-state index contributed by atoms with van der Waals surface area (Å²) in [5, 5.41) is 2.68. The summed E-state index contributed by atoms with van der Waals surface area (Å²) in [5.74, 6) is -0.882. The van der Waals surface area contributed by atoms with Crippen LogP contribution in [0.2, 0.25) is 0 Å². The number of H-pyrrole nitrogens is 1. The molecular formula is C20H18FN3O4S2. The second kappa shape index (κ2) is 9.23. The van der Waals surface area contributed by atoms with Gasteiger partial charge in [-0.15, -0.1) is 0 Å². The van der Waals surface area contributed by atoms with Crippen LogP contribution in [0.15, 0.2) is 74.5 Å². The van der Waals surface area contributed by atoms with Gasteiger partial charge >= 0.3 is 0 Å². The predicted octanol–water partition coefficient (Wildman–Crippen LogP) is 3.04. The molecule has 0 bridgehead atoms.